The fourth-order valence-corrected chi connectivity index (χ4v) is 3.22. The Morgan fingerprint density at radius 1 is 0.947 bits per heavy atom. The molecule has 0 amide bonds. The Kier molecular flexibility index (Phi) is 3.43. The Balaban J connectivity index is 1.89. The lowest BCUT2D eigenvalue weighted by molar-refractivity contribution is 0.308. The lowest BCUT2D eigenvalue weighted by Crippen LogP contribution is -2.23. The zero-order valence-electron chi connectivity index (χ0n) is 11.2. The van der Waals surface area contributed by atoms with E-state index in [0.29, 0.717) is 11.7 Å². The third-order valence-electron chi connectivity index (χ3n) is 4.39. The van der Waals surface area contributed by atoms with E-state index in [9.17, 15) is 5.11 Å². The summed E-state index contributed by atoms with van der Waals surface area (Å²) in [6, 6.07) is 12.0. The van der Waals surface area contributed by atoms with Gasteiger partial charge in [0.05, 0.1) is 0 Å². The van der Waals surface area contributed by atoms with Crippen LogP contribution < -0.4 is 5.73 Å². The highest BCUT2D eigenvalue weighted by molar-refractivity contribution is 5.84. The van der Waals surface area contributed by atoms with Gasteiger partial charge in [-0.2, -0.15) is 0 Å². The van der Waals surface area contributed by atoms with E-state index in [1.165, 1.54) is 37.7 Å². The number of hydrogen-bond acceptors (Lipinski definition) is 2. The zero-order chi connectivity index (χ0) is 13.2. The topological polar surface area (TPSA) is 46.2 Å². The summed E-state index contributed by atoms with van der Waals surface area (Å²) in [6.07, 6.45) is 6.52. The predicted molar refractivity (Wildman–Crippen MR) is 79.1 cm³/mol. The second-order valence-corrected chi connectivity index (χ2v) is 5.71. The molecule has 2 aromatic carbocycles. The Hall–Kier alpha value is -1.54. The van der Waals surface area contributed by atoms with Crippen LogP contribution in [0.1, 0.15) is 43.7 Å². The van der Waals surface area contributed by atoms with Gasteiger partial charge in [-0.25, -0.2) is 0 Å². The molecule has 2 heteroatoms. The quantitative estimate of drug-likeness (QED) is 0.847. The lowest BCUT2D eigenvalue weighted by Gasteiger charge is -2.28. The van der Waals surface area contributed by atoms with E-state index >= 15 is 0 Å². The summed E-state index contributed by atoms with van der Waals surface area (Å²) in [7, 11) is 0. The van der Waals surface area contributed by atoms with Gasteiger partial charge in [0.25, 0.3) is 0 Å². The van der Waals surface area contributed by atoms with Crippen LogP contribution in [-0.2, 0) is 0 Å². The van der Waals surface area contributed by atoms with E-state index in [1.54, 1.807) is 12.1 Å². The van der Waals surface area contributed by atoms with Crippen LogP contribution in [0, 0.1) is 5.92 Å². The van der Waals surface area contributed by atoms with Gasteiger partial charge in [-0.15, -0.1) is 0 Å². The molecule has 0 heterocycles. The van der Waals surface area contributed by atoms with Crippen LogP contribution in [0.3, 0.4) is 0 Å². The second kappa shape index (κ2) is 5.22. The molecule has 1 atom stereocenters. The highest BCUT2D eigenvalue weighted by Gasteiger charge is 2.21. The molecular weight excluding hydrogens is 234 g/mol. The SMILES string of the molecule is N[C@H](c1ccc2cc(O)ccc2c1)C1CCCCC1. The van der Waals surface area contributed by atoms with E-state index in [2.05, 4.69) is 18.2 Å². The van der Waals surface area contributed by atoms with Crippen molar-refractivity contribution in [1.82, 2.24) is 0 Å². The average Bonchev–Trinajstić information content (AvgIpc) is 2.47. The van der Waals surface area contributed by atoms with Crippen molar-refractivity contribution in [2.75, 3.05) is 0 Å². The highest BCUT2D eigenvalue weighted by Crippen LogP contribution is 2.34. The summed E-state index contributed by atoms with van der Waals surface area (Å²) in [6.45, 7) is 0. The first-order chi connectivity index (χ1) is 9.24. The minimum atomic E-state index is 0.151. The van der Waals surface area contributed by atoms with Crippen molar-refractivity contribution in [3.8, 4) is 5.75 Å². The Labute approximate surface area is 114 Å². The fraction of sp³-hybridized carbons (Fsp3) is 0.412. The number of hydrogen-bond donors (Lipinski definition) is 2. The van der Waals surface area contributed by atoms with E-state index in [1.807, 2.05) is 6.07 Å². The number of aromatic hydroxyl groups is 1. The molecule has 2 nitrogen and oxygen atoms in total. The molecule has 3 N–H and O–H groups in total. The predicted octanol–water partition coefficient (Wildman–Crippen LogP) is 4.13. The summed E-state index contributed by atoms with van der Waals surface area (Å²) in [5, 5.41) is 11.7. The first-order valence-corrected chi connectivity index (χ1v) is 7.22. The molecule has 0 aliphatic heterocycles. The highest BCUT2D eigenvalue weighted by atomic mass is 16.3. The normalized spacial score (nSPS) is 18.6. The number of phenols is 1. The van der Waals surface area contributed by atoms with Crippen molar-refractivity contribution in [3.63, 3.8) is 0 Å². The van der Waals surface area contributed by atoms with Gasteiger partial charge in [-0.05, 0) is 53.3 Å². The summed E-state index contributed by atoms with van der Waals surface area (Å²) < 4.78 is 0. The summed E-state index contributed by atoms with van der Waals surface area (Å²) in [5.41, 5.74) is 7.67. The van der Waals surface area contributed by atoms with Gasteiger partial charge in [-0.3, -0.25) is 0 Å². The van der Waals surface area contributed by atoms with Crippen LogP contribution in [0.25, 0.3) is 10.8 Å². The van der Waals surface area contributed by atoms with Gasteiger partial charge in [0.2, 0.25) is 0 Å². The molecule has 0 unspecified atom stereocenters. The van der Waals surface area contributed by atoms with Crippen molar-refractivity contribution in [2.24, 2.45) is 11.7 Å². The van der Waals surface area contributed by atoms with Gasteiger partial charge in [-0.1, -0.05) is 37.5 Å². The van der Waals surface area contributed by atoms with Gasteiger partial charge in [0.1, 0.15) is 5.75 Å². The fourth-order valence-electron chi connectivity index (χ4n) is 3.22. The third-order valence-corrected chi connectivity index (χ3v) is 4.39. The average molecular weight is 255 g/mol. The molecule has 100 valence electrons. The number of rotatable bonds is 2. The van der Waals surface area contributed by atoms with Crippen molar-refractivity contribution in [3.05, 3.63) is 42.0 Å². The third kappa shape index (κ3) is 2.59. The Morgan fingerprint density at radius 3 is 2.42 bits per heavy atom. The zero-order valence-corrected chi connectivity index (χ0v) is 11.2. The monoisotopic (exact) mass is 255 g/mol. The molecule has 1 aliphatic rings. The van der Waals surface area contributed by atoms with Crippen LogP contribution in [-0.4, -0.2) is 5.11 Å². The molecule has 1 aliphatic carbocycles. The maximum atomic E-state index is 9.49. The molecular formula is C17H21NO. The van der Waals surface area contributed by atoms with Crippen molar-refractivity contribution in [1.29, 1.82) is 0 Å². The number of benzene rings is 2. The molecule has 0 aromatic heterocycles. The van der Waals surface area contributed by atoms with E-state index < -0.39 is 0 Å². The molecule has 0 bridgehead atoms. The molecule has 0 saturated heterocycles. The van der Waals surface area contributed by atoms with E-state index in [-0.39, 0.29) is 6.04 Å². The van der Waals surface area contributed by atoms with Crippen LogP contribution in [0.5, 0.6) is 5.75 Å². The van der Waals surface area contributed by atoms with Crippen LogP contribution in [0.2, 0.25) is 0 Å². The van der Waals surface area contributed by atoms with Crippen LogP contribution in [0.15, 0.2) is 36.4 Å². The van der Waals surface area contributed by atoms with Crippen LogP contribution >= 0.6 is 0 Å². The first-order valence-electron chi connectivity index (χ1n) is 7.22. The maximum absolute atomic E-state index is 9.49. The van der Waals surface area contributed by atoms with Crippen molar-refractivity contribution < 1.29 is 5.11 Å². The molecule has 0 radical (unpaired) electrons. The van der Waals surface area contributed by atoms with Gasteiger partial charge < -0.3 is 10.8 Å². The second-order valence-electron chi connectivity index (χ2n) is 5.71. The molecule has 1 saturated carbocycles. The van der Waals surface area contributed by atoms with Gasteiger partial charge >= 0.3 is 0 Å². The van der Waals surface area contributed by atoms with Gasteiger partial charge in [0, 0.05) is 6.04 Å². The van der Waals surface area contributed by atoms with Crippen molar-refractivity contribution >= 4 is 10.8 Å². The largest absolute Gasteiger partial charge is 0.508 e. The van der Waals surface area contributed by atoms with Crippen molar-refractivity contribution in [2.45, 2.75) is 38.1 Å². The Bertz CT molecular complexity index is 572. The number of nitrogens with two attached hydrogens (primary N) is 1. The lowest BCUT2D eigenvalue weighted by atomic mass is 9.81. The molecule has 19 heavy (non-hydrogen) atoms. The summed E-state index contributed by atoms with van der Waals surface area (Å²) in [5.74, 6) is 0.945. The van der Waals surface area contributed by atoms with Gasteiger partial charge in [0.15, 0.2) is 0 Å². The first kappa shape index (κ1) is 12.5. The molecule has 3 rings (SSSR count). The minimum absolute atomic E-state index is 0.151. The van der Waals surface area contributed by atoms with E-state index in [4.69, 9.17) is 5.73 Å². The molecule has 2 aromatic rings. The van der Waals surface area contributed by atoms with Crippen LogP contribution in [0.4, 0.5) is 0 Å². The molecule has 1 fully saturated rings. The summed E-state index contributed by atoms with van der Waals surface area (Å²) >= 11 is 0. The minimum Gasteiger partial charge on any atom is -0.508 e. The van der Waals surface area contributed by atoms with E-state index in [0.717, 1.165) is 10.8 Å². The number of phenolic OH excluding ortho intramolecular Hbond substituents is 1. The number of fused-ring (bicyclic) bond motifs is 1. The smallest absolute Gasteiger partial charge is 0.116 e. The molecule has 0 spiro atoms. The summed E-state index contributed by atoms with van der Waals surface area (Å²) in [4.78, 5) is 0. The standard InChI is InChI=1S/C17H21NO/c18-17(12-4-2-1-3-5-12)15-7-6-14-11-16(19)9-8-13(14)10-15/h6-12,17,19H,1-5,18H2/t17-/m0/s1. The Morgan fingerprint density at radius 2 is 1.63 bits per heavy atom. The maximum Gasteiger partial charge on any atom is 0.116 e.